The molecule has 0 unspecified atom stereocenters. The molecule has 0 heterocycles. The fourth-order valence-corrected chi connectivity index (χ4v) is 1.57. The van der Waals surface area contributed by atoms with Gasteiger partial charge in [-0.1, -0.05) is 12.1 Å². The molecule has 3 N–H and O–H groups in total. The second-order valence-electron chi connectivity index (χ2n) is 3.53. The largest absolute Gasteiger partial charge is 0.397 e. The summed E-state index contributed by atoms with van der Waals surface area (Å²) >= 11 is 0. The van der Waals surface area contributed by atoms with E-state index in [2.05, 4.69) is 5.32 Å². The van der Waals surface area contributed by atoms with Crippen LogP contribution in [0.15, 0.2) is 24.3 Å². The van der Waals surface area contributed by atoms with Crippen molar-refractivity contribution >= 4 is 17.3 Å². The normalized spacial score (nSPS) is 9.88. The van der Waals surface area contributed by atoms with Gasteiger partial charge in [-0.25, -0.2) is 0 Å². The highest BCUT2D eigenvalue weighted by Gasteiger charge is 2.10. The number of nitrogens with zero attached hydrogens (tertiary/aromatic N) is 1. The first-order chi connectivity index (χ1) is 7.69. The first-order valence-corrected chi connectivity index (χ1v) is 5.55. The van der Waals surface area contributed by atoms with E-state index in [-0.39, 0.29) is 5.91 Å². The van der Waals surface area contributed by atoms with Gasteiger partial charge in [0.2, 0.25) is 5.91 Å². The van der Waals surface area contributed by atoms with Gasteiger partial charge < -0.3 is 16.0 Å². The molecule has 0 aliphatic carbocycles. The predicted octanol–water partition coefficient (Wildman–Crippen LogP) is 1.23. The number of hydrogen-bond donors (Lipinski definition) is 2. The number of anilines is 2. The molecular weight excluding hydrogens is 202 g/mol. The monoisotopic (exact) mass is 221 g/mol. The third kappa shape index (κ3) is 3.15. The zero-order chi connectivity index (χ0) is 12.0. The van der Waals surface area contributed by atoms with Crippen molar-refractivity contribution in [3.05, 3.63) is 24.3 Å². The molecule has 4 heteroatoms. The Morgan fingerprint density at radius 3 is 2.62 bits per heavy atom. The van der Waals surface area contributed by atoms with Gasteiger partial charge in [-0.05, 0) is 26.0 Å². The van der Waals surface area contributed by atoms with Gasteiger partial charge in [0.15, 0.2) is 0 Å². The zero-order valence-electron chi connectivity index (χ0n) is 9.86. The van der Waals surface area contributed by atoms with E-state index in [0.717, 1.165) is 12.2 Å². The Balaban J connectivity index is 2.75. The second kappa shape index (κ2) is 6.00. The molecule has 0 aliphatic rings. The molecule has 0 spiro atoms. The van der Waals surface area contributed by atoms with Crippen molar-refractivity contribution in [2.45, 2.75) is 13.8 Å². The third-order valence-corrected chi connectivity index (χ3v) is 2.37. The lowest BCUT2D eigenvalue weighted by atomic mass is 10.2. The number of carbonyl (C=O) groups excluding carboxylic acids is 1. The Labute approximate surface area is 96.4 Å². The van der Waals surface area contributed by atoms with Gasteiger partial charge in [0, 0.05) is 13.1 Å². The van der Waals surface area contributed by atoms with Crippen LogP contribution < -0.4 is 16.0 Å². The van der Waals surface area contributed by atoms with Gasteiger partial charge in [-0.2, -0.15) is 0 Å². The number of rotatable bonds is 5. The number of nitrogens with two attached hydrogens (primary N) is 1. The fourth-order valence-electron chi connectivity index (χ4n) is 1.57. The quantitative estimate of drug-likeness (QED) is 0.735. The minimum atomic E-state index is 0.0209. The van der Waals surface area contributed by atoms with Crippen LogP contribution in [0.2, 0.25) is 0 Å². The number of amides is 1. The number of para-hydroxylation sites is 2. The minimum absolute atomic E-state index is 0.0209. The summed E-state index contributed by atoms with van der Waals surface area (Å²) in [5.41, 5.74) is 7.49. The Hall–Kier alpha value is -1.71. The molecule has 1 amide bonds. The van der Waals surface area contributed by atoms with Crippen LogP contribution in [0.3, 0.4) is 0 Å². The molecular formula is C12H19N3O. The molecule has 0 saturated heterocycles. The molecule has 16 heavy (non-hydrogen) atoms. The van der Waals surface area contributed by atoms with Crippen molar-refractivity contribution in [3.8, 4) is 0 Å². The summed E-state index contributed by atoms with van der Waals surface area (Å²) in [6, 6.07) is 7.58. The number of likely N-dealkylation sites (N-methyl/N-ethyl adjacent to an activating group) is 2. The van der Waals surface area contributed by atoms with E-state index in [0.29, 0.717) is 18.8 Å². The highest BCUT2D eigenvalue weighted by Crippen LogP contribution is 2.21. The van der Waals surface area contributed by atoms with Crippen molar-refractivity contribution in [1.82, 2.24) is 5.32 Å². The lowest BCUT2D eigenvalue weighted by Gasteiger charge is -2.23. The van der Waals surface area contributed by atoms with Crippen LogP contribution in [0.4, 0.5) is 11.4 Å². The Morgan fingerprint density at radius 1 is 1.38 bits per heavy atom. The molecule has 0 saturated carbocycles. The van der Waals surface area contributed by atoms with Crippen molar-refractivity contribution in [3.63, 3.8) is 0 Å². The SMILES string of the molecule is CCNC(=O)CN(CC)c1ccccc1N. The lowest BCUT2D eigenvalue weighted by Crippen LogP contribution is -2.37. The molecule has 88 valence electrons. The van der Waals surface area contributed by atoms with Gasteiger partial charge in [0.1, 0.15) is 0 Å². The highest BCUT2D eigenvalue weighted by atomic mass is 16.2. The average molecular weight is 221 g/mol. The van der Waals surface area contributed by atoms with Crippen LogP contribution in [0.25, 0.3) is 0 Å². The Bertz CT molecular complexity index is 352. The first kappa shape index (κ1) is 12.4. The summed E-state index contributed by atoms with van der Waals surface area (Å²) in [7, 11) is 0. The van der Waals surface area contributed by atoms with Crippen molar-refractivity contribution in [2.75, 3.05) is 30.3 Å². The van der Waals surface area contributed by atoms with E-state index >= 15 is 0 Å². The average Bonchev–Trinajstić information content (AvgIpc) is 2.27. The van der Waals surface area contributed by atoms with Crippen molar-refractivity contribution in [2.24, 2.45) is 0 Å². The van der Waals surface area contributed by atoms with E-state index in [1.54, 1.807) is 0 Å². The van der Waals surface area contributed by atoms with Gasteiger partial charge >= 0.3 is 0 Å². The predicted molar refractivity (Wildman–Crippen MR) is 67.4 cm³/mol. The van der Waals surface area contributed by atoms with Crippen LogP contribution in [0.1, 0.15) is 13.8 Å². The molecule has 1 aromatic carbocycles. The van der Waals surface area contributed by atoms with E-state index in [1.807, 2.05) is 43.0 Å². The standard InChI is InChI=1S/C12H19N3O/c1-3-14-12(16)9-15(4-2)11-8-6-5-7-10(11)13/h5-8H,3-4,9,13H2,1-2H3,(H,14,16). The number of carbonyl (C=O) groups is 1. The second-order valence-corrected chi connectivity index (χ2v) is 3.53. The smallest absolute Gasteiger partial charge is 0.239 e. The summed E-state index contributed by atoms with van der Waals surface area (Å²) in [5, 5.41) is 2.78. The molecule has 0 aromatic heterocycles. The first-order valence-electron chi connectivity index (χ1n) is 5.55. The number of benzene rings is 1. The summed E-state index contributed by atoms with van der Waals surface area (Å²) in [5.74, 6) is 0.0209. The van der Waals surface area contributed by atoms with E-state index < -0.39 is 0 Å². The molecule has 0 radical (unpaired) electrons. The van der Waals surface area contributed by atoms with E-state index in [9.17, 15) is 4.79 Å². The van der Waals surface area contributed by atoms with Gasteiger partial charge in [-0.15, -0.1) is 0 Å². The third-order valence-electron chi connectivity index (χ3n) is 2.37. The van der Waals surface area contributed by atoms with Gasteiger partial charge in [-0.3, -0.25) is 4.79 Å². The lowest BCUT2D eigenvalue weighted by molar-refractivity contribution is -0.119. The van der Waals surface area contributed by atoms with Crippen LogP contribution >= 0.6 is 0 Å². The number of hydrogen-bond acceptors (Lipinski definition) is 3. The zero-order valence-corrected chi connectivity index (χ0v) is 9.86. The maximum absolute atomic E-state index is 11.5. The summed E-state index contributed by atoms with van der Waals surface area (Å²) in [6.45, 7) is 5.67. The highest BCUT2D eigenvalue weighted by molar-refractivity contribution is 5.82. The molecule has 1 aromatic rings. The van der Waals surface area contributed by atoms with E-state index in [4.69, 9.17) is 5.73 Å². The molecule has 1 rings (SSSR count). The summed E-state index contributed by atoms with van der Waals surface area (Å²) in [6.07, 6.45) is 0. The van der Waals surface area contributed by atoms with Crippen molar-refractivity contribution < 1.29 is 4.79 Å². The topological polar surface area (TPSA) is 58.4 Å². The molecule has 4 nitrogen and oxygen atoms in total. The van der Waals surface area contributed by atoms with E-state index in [1.165, 1.54) is 0 Å². The fraction of sp³-hybridized carbons (Fsp3) is 0.417. The maximum atomic E-state index is 11.5. The van der Waals surface area contributed by atoms with Gasteiger partial charge in [0.25, 0.3) is 0 Å². The Kier molecular flexibility index (Phi) is 4.64. The maximum Gasteiger partial charge on any atom is 0.239 e. The molecule has 0 fully saturated rings. The van der Waals surface area contributed by atoms with Crippen LogP contribution in [-0.4, -0.2) is 25.5 Å². The van der Waals surface area contributed by atoms with Crippen molar-refractivity contribution in [1.29, 1.82) is 0 Å². The number of nitrogens with one attached hydrogen (secondary N) is 1. The van der Waals surface area contributed by atoms with Crippen LogP contribution in [0.5, 0.6) is 0 Å². The number of nitrogen functional groups attached to an aromatic ring is 1. The molecule has 0 atom stereocenters. The van der Waals surface area contributed by atoms with Gasteiger partial charge in [0.05, 0.1) is 17.9 Å². The summed E-state index contributed by atoms with van der Waals surface area (Å²) < 4.78 is 0. The molecule has 0 aliphatic heterocycles. The van der Waals surface area contributed by atoms with Crippen LogP contribution in [-0.2, 0) is 4.79 Å². The minimum Gasteiger partial charge on any atom is -0.397 e. The Morgan fingerprint density at radius 2 is 2.06 bits per heavy atom. The molecule has 0 bridgehead atoms. The van der Waals surface area contributed by atoms with Crippen LogP contribution in [0, 0.1) is 0 Å². The summed E-state index contributed by atoms with van der Waals surface area (Å²) in [4.78, 5) is 13.5.